The van der Waals surface area contributed by atoms with Crippen molar-refractivity contribution >= 4 is 10.0 Å². The summed E-state index contributed by atoms with van der Waals surface area (Å²) in [5, 5.41) is 14.9. The number of rotatable bonds is 7. The summed E-state index contributed by atoms with van der Waals surface area (Å²) in [7, 11) is -1.71. The number of aromatic amines is 1. The Balaban J connectivity index is 2.63. The first kappa shape index (κ1) is 14.1. The molecule has 7 nitrogen and oxygen atoms in total. The second-order valence-corrected chi connectivity index (χ2v) is 5.38. The molecule has 0 saturated heterocycles. The van der Waals surface area contributed by atoms with Gasteiger partial charge in [0.15, 0.2) is 5.03 Å². The summed E-state index contributed by atoms with van der Waals surface area (Å²) < 4.78 is 26.1. The van der Waals surface area contributed by atoms with Crippen molar-refractivity contribution in [1.82, 2.24) is 19.8 Å². The van der Waals surface area contributed by atoms with Gasteiger partial charge in [-0.15, -0.1) is 0 Å². The van der Waals surface area contributed by atoms with Crippen LogP contribution in [0.15, 0.2) is 11.2 Å². The molecule has 0 bridgehead atoms. The predicted octanol–water partition coefficient (Wildman–Crippen LogP) is -0.868. The van der Waals surface area contributed by atoms with Crippen molar-refractivity contribution in [1.29, 1.82) is 0 Å². The van der Waals surface area contributed by atoms with Crippen LogP contribution in [0.2, 0.25) is 0 Å². The van der Waals surface area contributed by atoms with Gasteiger partial charge < -0.3 is 10.0 Å². The Morgan fingerprint density at radius 3 is 2.88 bits per heavy atom. The average Bonchev–Trinajstić information content (AvgIpc) is 2.77. The molecule has 1 heterocycles. The number of likely N-dealkylation sites (N-methyl/N-ethyl adjacent to an activating group) is 1. The highest BCUT2D eigenvalue weighted by molar-refractivity contribution is 7.89. The molecule has 0 fully saturated rings. The lowest BCUT2D eigenvalue weighted by atomic mass is 10.4. The summed E-state index contributed by atoms with van der Waals surface area (Å²) in [6, 6.07) is 0. The molecule has 17 heavy (non-hydrogen) atoms. The molecule has 0 aliphatic carbocycles. The SMILES string of the molecule is CCN(C)CCNS(=O)(=O)c1[nH]ncc1CO. The molecule has 8 heteroatoms. The minimum Gasteiger partial charge on any atom is -0.392 e. The zero-order chi connectivity index (χ0) is 12.9. The number of hydrogen-bond acceptors (Lipinski definition) is 5. The van der Waals surface area contributed by atoms with Gasteiger partial charge in [-0.1, -0.05) is 6.92 Å². The van der Waals surface area contributed by atoms with E-state index in [2.05, 4.69) is 14.9 Å². The highest BCUT2D eigenvalue weighted by Crippen LogP contribution is 2.10. The van der Waals surface area contributed by atoms with Crippen LogP contribution in [-0.4, -0.2) is 55.3 Å². The van der Waals surface area contributed by atoms with E-state index in [0.29, 0.717) is 13.1 Å². The van der Waals surface area contributed by atoms with E-state index in [0.717, 1.165) is 6.54 Å². The van der Waals surface area contributed by atoms with Gasteiger partial charge >= 0.3 is 0 Å². The van der Waals surface area contributed by atoms with Gasteiger partial charge in [0.05, 0.1) is 12.8 Å². The van der Waals surface area contributed by atoms with Crippen LogP contribution in [0.1, 0.15) is 12.5 Å². The van der Waals surface area contributed by atoms with Crippen molar-refractivity contribution in [2.45, 2.75) is 18.6 Å². The van der Waals surface area contributed by atoms with Crippen LogP contribution in [0, 0.1) is 0 Å². The third-order valence-corrected chi connectivity index (χ3v) is 3.92. The summed E-state index contributed by atoms with van der Waals surface area (Å²) in [5.41, 5.74) is 0.265. The lowest BCUT2D eigenvalue weighted by Crippen LogP contribution is -2.33. The molecule has 0 aliphatic rings. The summed E-state index contributed by atoms with van der Waals surface area (Å²) in [5.74, 6) is 0. The van der Waals surface area contributed by atoms with E-state index in [4.69, 9.17) is 5.11 Å². The zero-order valence-electron chi connectivity index (χ0n) is 9.97. The molecule has 0 atom stereocenters. The molecule has 1 aromatic heterocycles. The fourth-order valence-corrected chi connectivity index (χ4v) is 2.39. The molecular formula is C9H18N4O3S. The lowest BCUT2D eigenvalue weighted by molar-refractivity contribution is 0.278. The summed E-state index contributed by atoms with van der Waals surface area (Å²) >= 11 is 0. The Morgan fingerprint density at radius 1 is 1.59 bits per heavy atom. The van der Waals surface area contributed by atoms with E-state index in [1.807, 2.05) is 18.9 Å². The van der Waals surface area contributed by atoms with Gasteiger partial charge in [-0.3, -0.25) is 5.10 Å². The largest absolute Gasteiger partial charge is 0.392 e. The molecular weight excluding hydrogens is 244 g/mol. The van der Waals surface area contributed by atoms with Crippen LogP contribution < -0.4 is 4.72 Å². The number of aliphatic hydroxyl groups excluding tert-OH is 1. The first-order valence-corrected chi connectivity index (χ1v) is 6.81. The van der Waals surface area contributed by atoms with Gasteiger partial charge in [0, 0.05) is 18.7 Å². The maximum Gasteiger partial charge on any atom is 0.257 e. The van der Waals surface area contributed by atoms with E-state index in [9.17, 15) is 8.42 Å². The first-order chi connectivity index (χ1) is 8.01. The van der Waals surface area contributed by atoms with Crippen molar-refractivity contribution in [2.75, 3.05) is 26.7 Å². The van der Waals surface area contributed by atoms with Crippen LogP contribution in [0.25, 0.3) is 0 Å². The van der Waals surface area contributed by atoms with Gasteiger partial charge in [0.2, 0.25) is 0 Å². The number of nitrogens with zero attached hydrogens (tertiary/aromatic N) is 2. The third kappa shape index (κ3) is 3.77. The maximum atomic E-state index is 11.8. The number of H-pyrrole nitrogens is 1. The topological polar surface area (TPSA) is 98.3 Å². The number of hydrogen-bond donors (Lipinski definition) is 3. The van der Waals surface area contributed by atoms with Gasteiger partial charge in [-0.05, 0) is 13.6 Å². The van der Waals surface area contributed by atoms with Crippen molar-refractivity contribution in [3.63, 3.8) is 0 Å². The highest BCUT2D eigenvalue weighted by atomic mass is 32.2. The van der Waals surface area contributed by atoms with Crippen LogP contribution in [0.3, 0.4) is 0 Å². The average molecular weight is 262 g/mol. The maximum absolute atomic E-state index is 11.8. The Hall–Kier alpha value is -0.960. The van der Waals surface area contributed by atoms with Crippen molar-refractivity contribution in [2.24, 2.45) is 0 Å². The molecule has 98 valence electrons. The molecule has 0 amide bonds. The van der Waals surface area contributed by atoms with E-state index in [1.54, 1.807) is 0 Å². The standard InChI is InChI=1S/C9H18N4O3S/c1-3-13(2)5-4-11-17(15,16)9-8(7-14)6-10-12-9/h6,11,14H,3-5,7H2,1-2H3,(H,10,12). The Labute approximate surface area is 101 Å². The molecule has 0 aromatic carbocycles. The monoisotopic (exact) mass is 262 g/mol. The van der Waals surface area contributed by atoms with E-state index in [-0.39, 0.29) is 17.2 Å². The van der Waals surface area contributed by atoms with Crippen molar-refractivity contribution in [3.8, 4) is 0 Å². The van der Waals surface area contributed by atoms with Crippen LogP contribution >= 0.6 is 0 Å². The molecule has 0 saturated carbocycles. The molecule has 1 aromatic rings. The molecule has 0 spiro atoms. The van der Waals surface area contributed by atoms with Gasteiger partial charge in [0.25, 0.3) is 10.0 Å². The smallest absolute Gasteiger partial charge is 0.257 e. The van der Waals surface area contributed by atoms with Crippen molar-refractivity contribution in [3.05, 3.63) is 11.8 Å². The molecule has 3 N–H and O–H groups in total. The fourth-order valence-electron chi connectivity index (χ4n) is 1.25. The molecule has 0 aliphatic heterocycles. The number of aliphatic hydroxyl groups is 1. The van der Waals surface area contributed by atoms with E-state index < -0.39 is 10.0 Å². The summed E-state index contributed by atoms with van der Waals surface area (Å²) in [6.07, 6.45) is 1.30. The summed E-state index contributed by atoms with van der Waals surface area (Å²) in [6.45, 7) is 3.43. The Bertz CT molecular complexity index is 443. The number of nitrogens with one attached hydrogen (secondary N) is 2. The van der Waals surface area contributed by atoms with Gasteiger partial charge in [-0.25, -0.2) is 13.1 Å². The zero-order valence-corrected chi connectivity index (χ0v) is 10.8. The fraction of sp³-hybridized carbons (Fsp3) is 0.667. The lowest BCUT2D eigenvalue weighted by Gasteiger charge is -2.13. The predicted molar refractivity (Wildman–Crippen MR) is 62.9 cm³/mol. The minimum absolute atomic E-state index is 0.0702. The first-order valence-electron chi connectivity index (χ1n) is 5.32. The molecule has 0 unspecified atom stereocenters. The second kappa shape index (κ2) is 6.10. The molecule has 0 radical (unpaired) electrons. The quantitative estimate of drug-likeness (QED) is 0.593. The summed E-state index contributed by atoms with van der Waals surface area (Å²) in [4.78, 5) is 1.99. The number of sulfonamides is 1. The number of aromatic nitrogens is 2. The third-order valence-electron chi connectivity index (χ3n) is 2.44. The van der Waals surface area contributed by atoms with Gasteiger partial charge in [-0.2, -0.15) is 5.10 Å². The Morgan fingerprint density at radius 2 is 2.29 bits per heavy atom. The van der Waals surface area contributed by atoms with Crippen LogP contribution in [0.5, 0.6) is 0 Å². The Kier molecular flexibility index (Phi) is 5.06. The van der Waals surface area contributed by atoms with Gasteiger partial charge in [0.1, 0.15) is 0 Å². The van der Waals surface area contributed by atoms with E-state index >= 15 is 0 Å². The van der Waals surface area contributed by atoms with Crippen LogP contribution in [0.4, 0.5) is 0 Å². The second-order valence-electron chi connectivity index (χ2n) is 3.68. The van der Waals surface area contributed by atoms with Crippen molar-refractivity contribution < 1.29 is 13.5 Å². The normalized spacial score (nSPS) is 12.2. The van der Waals surface area contributed by atoms with Crippen LogP contribution in [-0.2, 0) is 16.6 Å². The minimum atomic E-state index is -3.62. The highest BCUT2D eigenvalue weighted by Gasteiger charge is 2.19. The van der Waals surface area contributed by atoms with E-state index in [1.165, 1.54) is 6.20 Å². The molecule has 1 rings (SSSR count).